The molecule has 1 atom stereocenters. The summed E-state index contributed by atoms with van der Waals surface area (Å²) in [5, 5.41) is 12.6. The van der Waals surface area contributed by atoms with E-state index in [1.54, 1.807) is 37.3 Å². The van der Waals surface area contributed by atoms with Crippen LogP contribution in [0.1, 0.15) is 48.7 Å². The minimum Gasteiger partial charge on any atom is -0.464 e. The van der Waals surface area contributed by atoms with Crippen LogP contribution in [0.3, 0.4) is 0 Å². The van der Waals surface area contributed by atoms with Crippen LogP contribution in [0.2, 0.25) is 0 Å². The molecule has 36 heavy (non-hydrogen) atoms. The van der Waals surface area contributed by atoms with Gasteiger partial charge in [0.25, 0.3) is 11.9 Å². The molecule has 0 radical (unpaired) electrons. The van der Waals surface area contributed by atoms with Gasteiger partial charge < -0.3 is 15.2 Å². The molecule has 1 heterocycles. The highest BCUT2D eigenvalue weighted by atomic mass is 32.2. The summed E-state index contributed by atoms with van der Waals surface area (Å²) in [4.78, 5) is 17.6. The maximum atomic E-state index is 13.1. The molecule has 2 N–H and O–H groups in total. The van der Waals surface area contributed by atoms with Crippen molar-refractivity contribution in [3.63, 3.8) is 0 Å². The SMILES string of the molecule is CCn1c(OCC2CC(F)(F)C2)nc2cc(C(=O)N[C@@H](CO)c3ccc(S(=O)(=O)CC)cc3)ccc21. The molecule has 1 fully saturated rings. The Balaban J connectivity index is 1.48. The van der Waals surface area contributed by atoms with Gasteiger partial charge in [-0.1, -0.05) is 19.1 Å². The van der Waals surface area contributed by atoms with Crippen LogP contribution in [0.5, 0.6) is 6.01 Å². The number of hydrogen-bond acceptors (Lipinski definition) is 6. The van der Waals surface area contributed by atoms with E-state index < -0.39 is 27.7 Å². The van der Waals surface area contributed by atoms with E-state index in [1.807, 2.05) is 11.5 Å². The Morgan fingerprint density at radius 3 is 2.50 bits per heavy atom. The third-order valence-electron chi connectivity index (χ3n) is 6.42. The highest BCUT2D eigenvalue weighted by Crippen LogP contribution is 2.42. The Labute approximate surface area is 208 Å². The molecule has 1 aliphatic carbocycles. The Morgan fingerprint density at radius 1 is 1.22 bits per heavy atom. The first kappa shape index (κ1) is 26.0. The molecule has 2 aromatic carbocycles. The number of amides is 1. The summed E-state index contributed by atoms with van der Waals surface area (Å²) in [7, 11) is -3.35. The van der Waals surface area contributed by atoms with Crippen LogP contribution in [0.4, 0.5) is 8.78 Å². The predicted octanol–water partition coefficient (Wildman–Crippen LogP) is 3.74. The zero-order chi connectivity index (χ0) is 26.1. The molecule has 3 aromatic rings. The van der Waals surface area contributed by atoms with Crippen LogP contribution < -0.4 is 10.1 Å². The summed E-state index contributed by atoms with van der Waals surface area (Å²) >= 11 is 0. The zero-order valence-electron chi connectivity index (χ0n) is 20.1. The minimum absolute atomic E-state index is 0.0218. The lowest BCUT2D eigenvalue weighted by Crippen LogP contribution is -2.38. The van der Waals surface area contributed by atoms with Crippen molar-refractivity contribution in [3.05, 3.63) is 53.6 Å². The smallest absolute Gasteiger partial charge is 0.297 e. The van der Waals surface area contributed by atoms with Crippen LogP contribution in [0.25, 0.3) is 11.0 Å². The Bertz CT molecular complexity index is 1350. The summed E-state index contributed by atoms with van der Waals surface area (Å²) in [6.45, 7) is 3.80. The number of aliphatic hydroxyl groups excluding tert-OH is 1. The first-order valence-electron chi connectivity index (χ1n) is 11.8. The minimum atomic E-state index is -3.35. The molecule has 0 spiro atoms. The standard InChI is InChI=1S/C25H29F2N3O5S/c1-3-30-22-10-7-18(11-20(22)29-24(30)35-15-16-12-25(26,27)13-16)23(32)28-21(14-31)17-5-8-19(9-6-17)36(33,34)4-2/h5-11,16,21,31H,3-4,12-15H2,1-2H3,(H,28,32)/t21-/m0/s1. The topological polar surface area (TPSA) is 111 Å². The van der Waals surface area contributed by atoms with Gasteiger partial charge >= 0.3 is 0 Å². The highest BCUT2D eigenvalue weighted by molar-refractivity contribution is 7.91. The van der Waals surface area contributed by atoms with Crippen molar-refractivity contribution in [3.8, 4) is 6.01 Å². The lowest BCUT2D eigenvalue weighted by molar-refractivity contribution is -0.119. The van der Waals surface area contributed by atoms with E-state index in [1.165, 1.54) is 12.1 Å². The number of nitrogens with one attached hydrogen (secondary N) is 1. The first-order chi connectivity index (χ1) is 17.1. The van der Waals surface area contributed by atoms with E-state index in [-0.39, 0.29) is 42.6 Å². The quantitative estimate of drug-likeness (QED) is 0.421. The number of nitrogens with zero attached hydrogens (tertiary/aromatic N) is 2. The fraction of sp³-hybridized carbons (Fsp3) is 0.440. The maximum Gasteiger partial charge on any atom is 0.297 e. The molecule has 0 aliphatic heterocycles. The summed E-state index contributed by atoms with van der Waals surface area (Å²) < 4.78 is 57.8. The summed E-state index contributed by atoms with van der Waals surface area (Å²) in [6.07, 6.45) is -0.375. The van der Waals surface area contributed by atoms with Crippen molar-refractivity contribution < 1.29 is 31.8 Å². The number of imidazole rings is 1. The van der Waals surface area contributed by atoms with Gasteiger partial charge in [0, 0.05) is 30.9 Å². The fourth-order valence-electron chi connectivity index (χ4n) is 4.31. The number of carbonyl (C=O) groups is 1. The van der Waals surface area contributed by atoms with Gasteiger partial charge in [0.15, 0.2) is 9.84 Å². The number of benzene rings is 2. The van der Waals surface area contributed by atoms with E-state index in [4.69, 9.17) is 4.74 Å². The molecule has 194 valence electrons. The van der Waals surface area contributed by atoms with Gasteiger partial charge in [-0.3, -0.25) is 9.36 Å². The van der Waals surface area contributed by atoms with Crippen LogP contribution in [-0.4, -0.2) is 53.9 Å². The van der Waals surface area contributed by atoms with Crippen LogP contribution in [-0.2, 0) is 16.4 Å². The second-order valence-corrected chi connectivity index (χ2v) is 11.2. The molecular weight excluding hydrogens is 492 g/mol. The molecule has 8 nitrogen and oxygen atoms in total. The monoisotopic (exact) mass is 521 g/mol. The number of aliphatic hydroxyl groups is 1. The third kappa shape index (κ3) is 5.36. The fourth-order valence-corrected chi connectivity index (χ4v) is 5.19. The molecule has 1 saturated carbocycles. The van der Waals surface area contributed by atoms with E-state index in [2.05, 4.69) is 10.3 Å². The molecule has 0 unspecified atom stereocenters. The average molecular weight is 522 g/mol. The second-order valence-electron chi connectivity index (χ2n) is 8.96. The number of alkyl halides is 2. The summed E-state index contributed by atoms with van der Waals surface area (Å²) in [5.74, 6) is -3.28. The van der Waals surface area contributed by atoms with E-state index in [0.29, 0.717) is 29.2 Å². The van der Waals surface area contributed by atoms with Gasteiger partial charge in [-0.05, 0) is 42.8 Å². The van der Waals surface area contributed by atoms with Gasteiger partial charge in [-0.2, -0.15) is 4.98 Å². The van der Waals surface area contributed by atoms with Crippen LogP contribution in [0, 0.1) is 5.92 Å². The molecule has 1 aromatic heterocycles. The molecule has 11 heteroatoms. The largest absolute Gasteiger partial charge is 0.464 e. The number of rotatable bonds is 10. The van der Waals surface area contributed by atoms with Crippen LogP contribution >= 0.6 is 0 Å². The van der Waals surface area contributed by atoms with E-state index in [9.17, 15) is 27.1 Å². The van der Waals surface area contributed by atoms with Gasteiger partial charge in [0.1, 0.15) is 0 Å². The summed E-state index contributed by atoms with van der Waals surface area (Å²) in [6, 6.07) is 10.6. The van der Waals surface area contributed by atoms with Gasteiger partial charge in [0.2, 0.25) is 5.92 Å². The Kier molecular flexibility index (Phi) is 7.33. The van der Waals surface area contributed by atoms with E-state index >= 15 is 0 Å². The van der Waals surface area contributed by atoms with Gasteiger partial charge in [-0.25, -0.2) is 17.2 Å². The Morgan fingerprint density at radius 2 is 1.92 bits per heavy atom. The molecule has 4 rings (SSSR count). The van der Waals surface area contributed by atoms with Crippen molar-refractivity contribution >= 4 is 26.8 Å². The zero-order valence-corrected chi connectivity index (χ0v) is 20.9. The number of fused-ring (bicyclic) bond motifs is 1. The van der Waals surface area contributed by atoms with Crippen molar-refractivity contribution in [1.29, 1.82) is 0 Å². The number of sulfone groups is 1. The average Bonchev–Trinajstić information content (AvgIpc) is 3.21. The van der Waals surface area contributed by atoms with Crippen molar-refractivity contribution in [2.75, 3.05) is 19.0 Å². The number of aryl methyl sites for hydroxylation is 1. The lowest BCUT2D eigenvalue weighted by Gasteiger charge is -2.34. The third-order valence-corrected chi connectivity index (χ3v) is 8.17. The first-order valence-corrected chi connectivity index (χ1v) is 13.5. The van der Waals surface area contributed by atoms with Gasteiger partial charge in [0.05, 0.1) is 40.9 Å². The Hall–Kier alpha value is -3.05. The number of halogens is 2. The number of hydrogen-bond donors (Lipinski definition) is 2. The van der Waals surface area contributed by atoms with Crippen LogP contribution in [0.15, 0.2) is 47.4 Å². The lowest BCUT2D eigenvalue weighted by atomic mass is 9.82. The molecule has 0 bridgehead atoms. The second kappa shape index (κ2) is 10.1. The molecule has 1 aliphatic rings. The number of aromatic nitrogens is 2. The van der Waals surface area contributed by atoms with Gasteiger partial charge in [-0.15, -0.1) is 0 Å². The maximum absolute atomic E-state index is 13.1. The number of carbonyl (C=O) groups excluding carboxylic acids is 1. The highest BCUT2D eigenvalue weighted by Gasteiger charge is 2.45. The normalized spacial score (nSPS) is 16.5. The van der Waals surface area contributed by atoms with E-state index in [0.717, 1.165) is 5.52 Å². The van der Waals surface area contributed by atoms with Crippen molar-refractivity contribution in [1.82, 2.24) is 14.9 Å². The number of ether oxygens (including phenoxy) is 1. The molecular formula is C25H29F2N3O5S. The summed E-state index contributed by atoms with van der Waals surface area (Å²) in [5.41, 5.74) is 2.15. The molecule has 1 amide bonds. The predicted molar refractivity (Wildman–Crippen MR) is 130 cm³/mol. The van der Waals surface area contributed by atoms with Crippen molar-refractivity contribution in [2.45, 2.75) is 50.1 Å². The molecule has 0 saturated heterocycles. The van der Waals surface area contributed by atoms with Crippen molar-refractivity contribution in [2.24, 2.45) is 5.92 Å².